The molecule has 29 heavy (non-hydrogen) atoms. The Balaban J connectivity index is 1.49. The molecule has 2 aliphatic rings. The van der Waals surface area contributed by atoms with Crippen LogP contribution in [-0.4, -0.2) is 46.0 Å². The summed E-state index contributed by atoms with van der Waals surface area (Å²) in [6, 6.07) is 10.4. The molecule has 4 rings (SSSR count). The third-order valence-electron chi connectivity index (χ3n) is 6.33. The zero-order chi connectivity index (χ0) is 20.4. The largest absolute Gasteiger partial charge is 0.354 e. The summed E-state index contributed by atoms with van der Waals surface area (Å²) in [5.41, 5.74) is 3.34. The summed E-state index contributed by atoms with van der Waals surface area (Å²) in [5, 5.41) is 10.6. The first-order chi connectivity index (χ1) is 14.0. The lowest BCUT2D eigenvalue weighted by Crippen LogP contribution is -2.44. The maximum Gasteiger partial charge on any atom is 0.255 e. The molecular weight excluding hydrogens is 364 g/mol. The minimum Gasteiger partial charge on any atom is -0.354 e. The molecule has 0 radical (unpaired) electrons. The van der Waals surface area contributed by atoms with Crippen LogP contribution in [0.1, 0.15) is 66.9 Å². The Morgan fingerprint density at radius 3 is 2.62 bits per heavy atom. The average molecular weight is 393 g/mol. The van der Waals surface area contributed by atoms with Crippen molar-refractivity contribution in [2.75, 3.05) is 13.1 Å². The summed E-state index contributed by atoms with van der Waals surface area (Å²) in [7, 11) is 0. The number of benzene rings is 1. The van der Waals surface area contributed by atoms with Gasteiger partial charge in [0.1, 0.15) is 0 Å². The van der Waals surface area contributed by atoms with Gasteiger partial charge in [-0.15, -0.1) is 0 Å². The molecule has 2 aromatic rings. The van der Waals surface area contributed by atoms with E-state index in [1.165, 1.54) is 17.3 Å². The number of aromatic nitrogens is 2. The predicted molar refractivity (Wildman–Crippen MR) is 111 cm³/mol. The lowest BCUT2D eigenvalue weighted by molar-refractivity contribution is -0.122. The molecular formula is C23H28N4O2. The molecule has 1 aliphatic heterocycles. The van der Waals surface area contributed by atoms with E-state index in [2.05, 4.69) is 39.8 Å². The minimum atomic E-state index is 0.0221. The fraction of sp³-hybridized carbons (Fsp3) is 0.478. The molecule has 1 fully saturated rings. The van der Waals surface area contributed by atoms with Crippen LogP contribution in [0.15, 0.2) is 42.7 Å². The van der Waals surface area contributed by atoms with Gasteiger partial charge in [0.05, 0.1) is 18.0 Å². The van der Waals surface area contributed by atoms with E-state index >= 15 is 0 Å². The molecule has 1 saturated heterocycles. The lowest BCUT2D eigenvalue weighted by atomic mass is 9.73. The number of hydrogen-bond acceptors (Lipinski definition) is 4. The van der Waals surface area contributed by atoms with E-state index in [1.54, 1.807) is 12.3 Å². The Morgan fingerprint density at radius 1 is 1.17 bits per heavy atom. The quantitative estimate of drug-likeness (QED) is 0.868. The van der Waals surface area contributed by atoms with Gasteiger partial charge in [-0.2, -0.15) is 10.2 Å². The first-order valence-electron chi connectivity index (χ1n) is 10.4. The van der Waals surface area contributed by atoms with Crippen LogP contribution in [0, 0.1) is 0 Å². The van der Waals surface area contributed by atoms with E-state index in [0.29, 0.717) is 12.0 Å². The van der Waals surface area contributed by atoms with Gasteiger partial charge in [-0.25, -0.2) is 0 Å². The normalized spacial score (nSPS) is 20.0. The number of piperidine rings is 1. The molecule has 0 saturated carbocycles. The molecule has 1 N–H and O–H groups in total. The van der Waals surface area contributed by atoms with Gasteiger partial charge >= 0.3 is 0 Å². The highest BCUT2D eigenvalue weighted by atomic mass is 16.2. The van der Waals surface area contributed by atoms with Crippen molar-refractivity contribution in [2.45, 2.75) is 56.9 Å². The molecule has 0 unspecified atom stereocenters. The van der Waals surface area contributed by atoms with Gasteiger partial charge in [-0.1, -0.05) is 24.3 Å². The van der Waals surface area contributed by atoms with Crippen molar-refractivity contribution in [3.63, 3.8) is 0 Å². The molecule has 0 bridgehead atoms. The zero-order valence-corrected chi connectivity index (χ0v) is 17.1. The number of fused-ring (bicyclic) bond motifs is 2. The zero-order valence-electron chi connectivity index (χ0n) is 17.1. The van der Waals surface area contributed by atoms with Crippen molar-refractivity contribution in [3.8, 4) is 0 Å². The van der Waals surface area contributed by atoms with Crippen LogP contribution in [0.4, 0.5) is 0 Å². The number of carbonyl (C=O) groups is 2. The molecule has 1 aromatic heterocycles. The van der Waals surface area contributed by atoms with E-state index in [4.69, 9.17) is 0 Å². The number of nitrogens with zero attached hydrogens (tertiary/aromatic N) is 3. The fourth-order valence-electron chi connectivity index (χ4n) is 5.03. The summed E-state index contributed by atoms with van der Waals surface area (Å²) in [4.78, 5) is 27.1. The Bertz CT molecular complexity index is 889. The van der Waals surface area contributed by atoms with Gasteiger partial charge < -0.3 is 10.2 Å². The van der Waals surface area contributed by atoms with Gasteiger partial charge in [0.25, 0.3) is 5.91 Å². The maximum absolute atomic E-state index is 12.8. The fourth-order valence-corrected chi connectivity index (χ4v) is 5.03. The molecule has 152 valence electrons. The topological polar surface area (TPSA) is 75.2 Å². The number of carbonyl (C=O) groups excluding carboxylic acids is 2. The van der Waals surface area contributed by atoms with E-state index in [0.717, 1.165) is 32.4 Å². The SMILES string of the molecule is CC(C)NC(=O)C[C@@H]1CC2(CCN(C(=O)c3ccnnc3)CC2)c2ccccc21. The Morgan fingerprint density at radius 2 is 1.93 bits per heavy atom. The van der Waals surface area contributed by atoms with Gasteiger partial charge in [-0.05, 0) is 61.6 Å². The van der Waals surface area contributed by atoms with Gasteiger partial charge in [0, 0.05) is 25.6 Å². The Kier molecular flexibility index (Phi) is 5.35. The van der Waals surface area contributed by atoms with Gasteiger partial charge in [-0.3, -0.25) is 9.59 Å². The van der Waals surface area contributed by atoms with Gasteiger partial charge in [0.2, 0.25) is 5.91 Å². The highest BCUT2D eigenvalue weighted by Gasteiger charge is 2.46. The van der Waals surface area contributed by atoms with Crippen molar-refractivity contribution in [1.29, 1.82) is 0 Å². The Labute approximate surface area is 171 Å². The third-order valence-corrected chi connectivity index (χ3v) is 6.33. The predicted octanol–water partition coefficient (Wildman–Crippen LogP) is 3.05. The maximum atomic E-state index is 12.8. The second kappa shape index (κ2) is 7.93. The molecule has 1 atom stereocenters. The second-order valence-corrected chi connectivity index (χ2v) is 8.62. The van der Waals surface area contributed by atoms with E-state index in [-0.39, 0.29) is 29.2 Å². The lowest BCUT2D eigenvalue weighted by Gasteiger charge is -2.40. The molecule has 2 amide bonds. The van der Waals surface area contributed by atoms with Crippen molar-refractivity contribution in [3.05, 3.63) is 59.4 Å². The van der Waals surface area contributed by atoms with Crippen LogP contribution in [-0.2, 0) is 10.2 Å². The number of amides is 2. The molecule has 1 aliphatic carbocycles. The van der Waals surface area contributed by atoms with Crippen LogP contribution < -0.4 is 5.32 Å². The highest BCUT2D eigenvalue weighted by molar-refractivity contribution is 5.93. The molecule has 1 spiro atoms. The van der Waals surface area contributed by atoms with Crippen molar-refractivity contribution in [1.82, 2.24) is 20.4 Å². The molecule has 2 heterocycles. The molecule has 6 nitrogen and oxygen atoms in total. The minimum absolute atomic E-state index is 0.0221. The Hall–Kier alpha value is -2.76. The van der Waals surface area contributed by atoms with E-state index in [9.17, 15) is 9.59 Å². The summed E-state index contributed by atoms with van der Waals surface area (Å²) < 4.78 is 0. The van der Waals surface area contributed by atoms with Crippen molar-refractivity contribution in [2.24, 2.45) is 0 Å². The summed E-state index contributed by atoms with van der Waals surface area (Å²) in [5.74, 6) is 0.389. The summed E-state index contributed by atoms with van der Waals surface area (Å²) >= 11 is 0. The van der Waals surface area contributed by atoms with Crippen molar-refractivity contribution >= 4 is 11.8 Å². The third kappa shape index (κ3) is 3.88. The van der Waals surface area contributed by atoms with Crippen LogP contribution in [0.2, 0.25) is 0 Å². The second-order valence-electron chi connectivity index (χ2n) is 8.62. The number of hydrogen-bond donors (Lipinski definition) is 1. The summed E-state index contributed by atoms with van der Waals surface area (Å²) in [6.07, 6.45) is 6.45. The van der Waals surface area contributed by atoms with Crippen LogP contribution >= 0.6 is 0 Å². The monoisotopic (exact) mass is 392 g/mol. The van der Waals surface area contributed by atoms with E-state index in [1.807, 2.05) is 18.7 Å². The number of rotatable bonds is 4. The van der Waals surface area contributed by atoms with Crippen LogP contribution in [0.3, 0.4) is 0 Å². The van der Waals surface area contributed by atoms with Crippen molar-refractivity contribution < 1.29 is 9.59 Å². The van der Waals surface area contributed by atoms with Gasteiger partial charge in [0.15, 0.2) is 0 Å². The average Bonchev–Trinajstić information content (AvgIpc) is 3.01. The first-order valence-corrected chi connectivity index (χ1v) is 10.4. The molecule has 1 aromatic carbocycles. The van der Waals surface area contributed by atoms with Crippen LogP contribution in [0.5, 0.6) is 0 Å². The smallest absolute Gasteiger partial charge is 0.255 e. The number of nitrogens with one attached hydrogen (secondary N) is 1. The molecule has 6 heteroatoms. The summed E-state index contributed by atoms with van der Waals surface area (Å²) in [6.45, 7) is 5.43. The van der Waals surface area contributed by atoms with Crippen LogP contribution in [0.25, 0.3) is 0 Å². The highest BCUT2D eigenvalue weighted by Crippen LogP contribution is 2.52. The number of likely N-dealkylation sites (tertiary alicyclic amines) is 1. The standard InChI is InChI=1S/C23H28N4O2/c1-16(2)26-21(28)13-18-14-23(20-6-4-3-5-19(18)20)8-11-27(12-9-23)22(29)17-7-10-24-25-15-17/h3-7,10,15-16,18H,8-9,11-14H2,1-2H3,(H,26,28)/t18-/m1/s1. The first kappa shape index (κ1) is 19.6. The van der Waals surface area contributed by atoms with E-state index < -0.39 is 0 Å².